The van der Waals surface area contributed by atoms with E-state index in [1.807, 2.05) is 54.6 Å². The highest BCUT2D eigenvalue weighted by atomic mass is 16.5. The van der Waals surface area contributed by atoms with Crippen molar-refractivity contribution >= 4 is 11.8 Å². The van der Waals surface area contributed by atoms with Gasteiger partial charge in [-0.15, -0.1) is 0 Å². The Morgan fingerprint density at radius 2 is 1.66 bits per heavy atom. The Hall–Kier alpha value is -3.67. The van der Waals surface area contributed by atoms with E-state index in [1.54, 1.807) is 31.5 Å². The number of ether oxygens (including phenoxy) is 1. The van der Waals surface area contributed by atoms with Crippen molar-refractivity contribution < 1.29 is 14.3 Å². The van der Waals surface area contributed by atoms with Gasteiger partial charge in [0.1, 0.15) is 0 Å². The first kappa shape index (κ1) is 20.1. The summed E-state index contributed by atoms with van der Waals surface area (Å²) in [5.41, 5.74) is 2.29. The van der Waals surface area contributed by atoms with Crippen LogP contribution in [0.25, 0.3) is 0 Å². The van der Waals surface area contributed by atoms with Crippen LogP contribution in [-0.4, -0.2) is 23.9 Å². The van der Waals surface area contributed by atoms with Crippen LogP contribution < -0.4 is 15.4 Å². The van der Waals surface area contributed by atoms with Gasteiger partial charge in [-0.2, -0.15) is 0 Å². The molecule has 0 aliphatic heterocycles. The maximum atomic E-state index is 12.6. The number of pyridine rings is 1. The highest BCUT2D eigenvalue weighted by molar-refractivity contribution is 5.94. The molecule has 0 bridgehead atoms. The number of aromatic nitrogens is 1. The first-order chi connectivity index (χ1) is 14.2. The molecule has 1 unspecified atom stereocenters. The maximum absolute atomic E-state index is 12.6. The van der Waals surface area contributed by atoms with Crippen LogP contribution in [0.5, 0.6) is 5.88 Å². The minimum atomic E-state index is -0.433. The number of hydrogen-bond donors (Lipinski definition) is 2. The number of carbonyl (C=O) groups is 2. The summed E-state index contributed by atoms with van der Waals surface area (Å²) in [7, 11) is 1.55. The Kier molecular flexibility index (Phi) is 6.95. The lowest BCUT2D eigenvalue weighted by atomic mass is 10.0. The van der Waals surface area contributed by atoms with Crippen molar-refractivity contribution in [3.8, 4) is 5.88 Å². The minimum Gasteiger partial charge on any atom is -0.481 e. The number of benzene rings is 2. The second-order valence-electron chi connectivity index (χ2n) is 6.49. The van der Waals surface area contributed by atoms with Gasteiger partial charge in [0.05, 0.1) is 19.6 Å². The predicted molar refractivity (Wildman–Crippen MR) is 110 cm³/mol. The van der Waals surface area contributed by atoms with E-state index >= 15 is 0 Å². The van der Waals surface area contributed by atoms with Gasteiger partial charge in [0.2, 0.25) is 11.8 Å². The van der Waals surface area contributed by atoms with Gasteiger partial charge in [-0.05, 0) is 23.3 Å². The van der Waals surface area contributed by atoms with Crippen LogP contribution in [0.4, 0.5) is 0 Å². The molecule has 0 saturated carbocycles. The molecule has 2 amide bonds. The topological polar surface area (TPSA) is 80.3 Å². The maximum Gasteiger partial charge on any atom is 0.251 e. The zero-order valence-electron chi connectivity index (χ0n) is 16.2. The molecule has 0 aliphatic carbocycles. The molecule has 0 spiro atoms. The van der Waals surface area contributed by atoms with Crippen molar-refractivity contribution in [2.75, 3.05) is 7.11 Å². The number of carbonyl (C=O) groups excluding carboxylic acids is 2. The van der Waals surface area contributed by atoms with Crippen molar-refractivity contribution in [2.45, 2.75) is 19.0 Å². The third-order valence-corrected chi connectivity index (χ3v) is 4.43. The van der Waals surface area contributed by atoms with Gasteiger partial charge in [-0.1, -0.05) is 54.6 Å². The molecule has 0 radical (unpaired) electrons. The van der Waals surface area contributed by atoms with Crippen LogP contribution in [-0.2, 0) is 11.3 Å². The molecular weight excluding hydrogens is 366 g/mol. The lowest BCUT2D eigenvalue weighted by Gasteiger charge is -2.19. The predicted octanol–water partition coefficient (Wildman–Crippen LogP) is 3.27. The second kappa shape index (κ2) is 10.0. The van der Waals surface area contributed by atoms with Crippen LogP contribution >= 0.6 is 0 Å². The van der Waals surface area contributed by atoms with Crippen molar-refractivity contribution in [1.82, 2.24) is 15.6 Å². The summed E-state index contributed by atoms with van der Waals surface area (Å²) >= 11 is 0. The molecule has 1 aromatic heterocycles. The van der Waals surface area contributed by atoms with Gasteiger partial charge in [0.25, 0.3) is 5.91 Å². The third kappa shape index (κ3) is 5.90. The van der Waals surface area contributed by atoms with E-state index in [1.165, 1.54) is 0 Å². The fourth-order valence-electron chi connectivity index (χ4n) is 2.86. The summed E-state index contributed by atoms with van der Waals surface area (Å²) in [6, 6.07) is 21.6. The van der Waals surface area contributed by atoms with E-state index in [2.05, 4.69) is 15.6 Å². The highest BCUT2D eigenvalue weighted by Gasteiger charge is 2.19. The van der Waals surface area contributed by atoms with E-state index in [9.17, 15) is 9.59 Å². The molecule has 0 saturated heterocycles. The average molecular weight is 389 g/mol. The molecule has 3 rings (SSSR count). The van der Waals surface area contributed by atoms with Crippen molar-refractivity contribution in [3.63, 3.8) is 0 Å². The lowest BCUT2D eigenvalue weighted by molar-refractivity contribution is -0.121. The largest absolute Gasteiger partial charge is 0.481 e. The van der Waals surface area contributed by atoms with Crippen molar-refractivity contribution in [1.29, 1.82) is 0 Å². The second-order valence-corrected chi connectivity index (χ2v) is 6.49. The number of amides is 2. The standard InChI is InChI=1S/C23H23N3O3/c1-29-22-13-12-17(16-25-22)15-24-21(27)14-20(18-8-4-2-5-9-18)26-23(28)19-10-6-3-7-11-19/h2-13,16,20H,14-15H2,1H3,(H,24,27)(H,26,28). The van der Waals surface area contributed by atoms with E-state index in [0.29, 0.717) is 18.0 Å². The fourth-order valence-corrected chi connectivity index (χ4v) is 2.86. The minimum absolute atomic E-state index is 0.131. The summed E-state index contributed by atoms with van der Waals surface area (Å²) in [5.74, 6) is 0.141. The average Bonchev–Trinajstić information content (AvgIpc) is 2.78. The number of nitrogens with one attached hydrogen (secondary N) is 2. The van der Waals surface area contributed by atoms with E-state index in [0.717, 1.165) is 11.1 Å². The van der Waals surface area contributed by atoms with E-state index < -0.39 is 6.04 Å². The molecule has 2 N–H and O–H groups in total. The summed E-state index contributed by atoms with van der Waals surface area (Å²) in [5, 5.41) is 5.84. The van der Waals surface area contributed by atoms with Crippen LogP contribution in [0, 0.1) is 0 Å². The summed E-state index contributed by atoms with van der Waals surface area (Å²) < 4.78 is 5.03. The number of hydrogen-bond acceptors (Lipinski definition) is 4. The van der Waals surface area contributed by atoms with E-state index in [-0.39, 0.29) is 18.2 Å². The lowest BCUT2D eigenvalue weighted by Crippen LogP contribution is -2.33. The molecule has 0 fully saturated rings. The van der Waals surface area contributed by atoms with Gasteiger partial charge in [-0.25, -0.2) is 4.98 Å². The van der Waals surface area contributed by atoms with Crippen LogP contribution in [0.1, 0.15) is 33.9 Å². The molecule has 29 heavy (non-hydrogen) atoms. The Morgan fingerprint density at radius 3 is 2.28 bits per heavy atom. The zero-order valence-corrected chi connectivity index (χ0v) is 16.2. The van der Waals surface area contributed by atoms with E-state index in [4.69, 9.17) is 4.74 Å². The van der Waals surface area contributed by atoms with Crippen LogP contribution in [0.15, 0.2) is 79.0 Å². The molecule has 0 aliphatic rings. The molecular formula is C23H23N3O3. The molecule has 6 nitrogen and oxygen atoms in total. The SMILES string of the molecule is COc1ccc(CNC(=O)CC(NC(=O)c2ccccc2)c2ccccc2)cn1. The van der Waals surface area contributed by atoms with Crippen molar-refractivity contribution in [2.24, 2.45) is 0 Å². The molecule has 148 valence electrons. The first-order valence-corrected chi connectivity index (χ1v) is 9.32. The monoisotopic (exact) mass is 389 g/mol. The molecule has 6 heteroatoms. The van der Waals surface area contributed by atoms with Gasteiger partial charge in [0.15, 0.2) is 0 Å². The van der Waals surface area contributed by atoms with Gasteiger partial charge in [-0.3, -0.25) is 9.59 Å². The summed E-state index contributed by atoms with van der Waals surface area (Å²) in [6.07, 6.45) is 1.79. The fraction of sp³-hybridized carbons (Fsp3) is 0.174. The zero-order chi connectivity index (χ0) is 20.5. The summed E-state index contributed by atoms with van der Waals surface area (Å²) in [4.78, 5) is 29.2. The molecule has 2 aromatic carbocycles. The molecule has 3 aromatic rings. The highest BCUT2D eigenvalue weighted by Crippen LogP contribution is 2.18. The first-order valence-electron chi connectivity index (χ1n) is 9.32. The van der Waals surface area contributed by atoms with Gasteiger partial charge < -0.3 is 15.4 Å². The quantitative estimate of drug-likeness (QED) is 0.620. The number of rotatable bonds is 8. The molecule has 1 heterocycles. The Balaban J connectivity index is 1.64. The molecule has 1 atom stereocenters. The smallest absolute Gasteiger partial charge is 0.251 e. The normalized spacial score (nSPS) is 11.3. The van der Waals surface area contributed by atoms with Crippen LogP contribution in [0.2, 0.25) is 0 Å². The number of methoxy groups -OCH3 is 1. The number of nitrogens with zero attached hydrogens (tertiary/aromatic N) is 1. The Labute approximate surface area is 169 Å². The van der Waals surface area contributed by atoms with Gasteiger partial charge in [0, 0.05) is 24.4 Å². The van der Waals surface area contributed by atoms with Crippen molar-refractivity contribution in [3.05, 3.63) is 95.7 Å². The Morgan fingerprint density at radius 1 is 0.966 bits per heavy atom. The summed E-state index contributed by atoms with van der Waals surface area (Å²) in [6.45, 7) is 0.351. The van der Waals surface area contributed by atoms with Gasteiger partial charge >= 0.3 is 0 Å². The van der Waals surface area contributed by atoms with Crippen LogP contribution in [0.3, 0.4) is 0 Å². The Bertz CT molecular complexity index is 929. The third-order valence-electron chi connectivity index (χ3n) is 4.43.